The van der Waals surface area contributed by atoms with E-state index in [1.807, 2.05) is 11.9 Å². The normalized spacial score (nSPS) is 34.8. The molecule has 1 fully saturated rings. The molecule has 0 aromatic heterocycles. The van der Waals surface area contributed by atoms with Crippen LogP contribution in [0.3, 0.4) is 0 Å². The third kappa shape index (κ3) is 1.69. The lowest BCUT2D eigenvalue weighted by Gasteiger charge is -2.48. The summed E-state index contributed by atoms with van der Waals surface area (Å²) < 4.78 is 0. The molecular formula is C8H16N2OS. The largest absolute Gasteiger partial charge is 0.371 e. The molecule has 12 heavy (non-hydrogen) atoms. The first-order valence-corrected chi connectivity index (χ1v) is 4.44. The van der Waals surface area contributed by atoms with Gasteiger partial charge in [-0.3, -0.25) is 0 Å². The third-order valence-corrected chi connectivity index (χ3v) is 2.74. The van der Waals surface area contributed by atoms with Crippen LogP contribution in [0.4, 0.5) is 0 Å². The SMILES string of the molecule is CN1C(=S)N[C@@](C)(O)CC1(C)C. The molecule has 0 amide bonds. The molecule has 70 valence electrons. The predicted molar refractivity (Wildman–Crippen MR) is 52.8 cm³/mol. The van der Waals surface area contributed by atoms with Crippen LogP contribution in [-0.4, -0.2) is 33.4 Å². The number of hydrogen-bond acceptors (Lipinski definition) is 2. The lowest BCUT2D eigenvalue weighted by molar-refractivity contribution is -0.0249. The fourth-order valence-corrected chi connectivity index (χ4v) is 2.06. The molecule has 1 aliphatic rings. The summed E-state index contributed by atoms with van der Waals surface area (Å²) in [6.45, 7) is 5.87. The Morgan fingerprint density at radius 2 is 2.00 bits per heavy atom. The van der Waals surface area contributed by atoms with Gasteiger partial charge in [-0.05, 0) is 33.0 Å². The van der Waals surface area contributed by atoms with Crippen LogP contribution in [0.5, 0.6) is 0 Å². The number of thiocarbonyl (C=S) groups is 1. The van der Waals surface area contributed by atoms with Crippen LogP contribution in [0.2, 0.25) is 0 Å². The van der Waals surface area contributed by atoms with Crippen molar-refractivity contribution in [2.45, 2.75) is 38.5 Å². The van der Waals surface area contributed by atoms with Crippen LogP contribution in [0.25, 0.3) is 0 Å². The van der Waals surface area contributed by atoms with Crippen molar-refractivity contribution in [1.82, 2.24) is 10.2 Å². The molecule has 0 aromatic rings. The molecule has 1 aliphatic heterocycles. The van der Waals surface area contributed by atoms with Crippen LogP contribution in [0.15, 0.2) is 0 Å². The van der Waals surface area contributed by atoms with E-state index in [1.54, 1.807) is 6.92 Å². The van der Waals surface area contributed by atoms with Crippen molar-refractivity contribution in [3.63, 3.8) is 0 Å². The van der Waals surface area contributed by atoms with Crippen LogP contribution in [0, 0.1) is 0 Å². The average molecular weight is 188 g/mol. The van der Waals surface area contributed by atoms with Crippen molar-refractivity contribution < 1.29 is 5.11 Å². The highest BCUT2D eigenvalue weighted by atomic mass is 32.1. The quantitative estimate of drug-likeness (QED) is 0.548. The van der Waals surface area contributed by atoms with Gasteiger partial charge in [-0.2, -0.15) is 0 Å². The summed E-state index contributed by atoms with van der Waals surface area (Å²) in [4.78, 5) is 1.97. The van der Waals surface area contributed by atoms with Gasteiger partial charge in [-0.25, -0.2) is 0 Å². The van der Waals surface area contributed by atoms with E-state index >= 15 is 0 Å². The van der Waals surface area contributed by atoms with Gasteiger partial charge in [0.25, 0.3) is 0 Å². The molecule has 4 heteroatoms. The molecular weight excluding hydrogens is 172 g/mol. The molecule has 2 N–H and O–H groups in total. The average Bonchev–Trinajstić information content (AvgIpc) is 1.79. The van der Waals surface area contributed by atoms with E-state index in [4.69, 9.17) is 12.2 Å². The zero-order valence-corrected chi connectivity index (χ0v) is 8.83. The van der Waals surface area contributed by atoms with Crippen LogP contribution in [-0.2, 0) is 0 Å². The summed E-state index contributed by atoms with van der Waals surface area (Å²) in [6.07, 6.45) is 0.663. The zero-order valence-electron chi connectivity index (χ0n) is 8.01. The van der Waals surface area contributed by atoms with Crippen molar-refractivity contribution >= 4 is 17.3 Å². The first-order chi connectivity index (χ1) is 5.25. The van der Waals surface area contributed by atoms with E-state index in [9.17, 15) is 5.11 Å². The second-order valence-corrected chi connectivity index (χ2v) is 4.64. The van der Waals surface area contributed by atoms with Crippen LogP contribution in [0.1, 0.15) is 27.2 Å². The summed E-state index contributed by atoms with van der Waals surface area (Å²) in [5.41, 5.74) is -0.946. The fourth-order valence-electron chi connectivity index (χ4n) is 1.59. The van der Waals surface area contributed by atoms with Crippen molar-refractivity contribution in [1.29, 1.82) is 0 Å². The Balaban J connectivity index is 2.87. The summed E-state index contributed by atoms with van der Waals surface area (Å²) in [6, 6.07) is 0. The highest BCUT2D eigenvalue weighted by molar-refractivity contribution is 7.80. The molecule has 1 saturated heterocycles. The van der Waals surface area contributed by atoms with Crippen molar-refractivity contribution in [2.75, 3.05) is 7.05 Å². The van der Waals surface area contributed by atoms with Gasteiger partial charge in [0.1, 0.15) is 5.72 Å². The van der Waals surface area contributed by atoms with E-state index in [1.165, 1.54) is 0 Å². The minimum Gasteiger partial charge on any atom is -0.371 e. The summed E-state index contributed by atoms with van der Waals surface area (Å²) in [5, 5.41) is 13.3. The monoisotopic (exact) mass is 188 g/mol. The van der Waals surface area contributed by atoms with Crippen molar-refractivity contribution in [2.24, 2.45) is 0 Å². The lowest BCUT2D eigenvalue weighted by Crippen LogP contribution is -2.65. The summed E-state index contributed by atoms with van der Waals surface area (Å²) in [5.74, 6) is 0. The van der Waals surface area contributed by atoms with Gasteiger partial charge in [0.15, 0.2) is 5.11 Å². The third-order valence-electron chi connectivity index (χ3n) is 2.37. The first-order valence-electron chi connectivity index (χ1n) is 4.03. The molecule has 1 atom stereocenters. The fraction of sp³-hybridized carbons (Fsp3) is 0.875. The minimum absolute atomic E-state index is 0.0775. The molecule has 0 spiro atoms. The Labute approximate surface area is 78.8 Å². The van der Waals surface area contributed by atoms with Crippen LogP contribution < -0.4 is 5.32 Å². The standard InChI is InChI=1S/C8H16N2OS/c1-7(2)5-8(3,11)9-6(12)10(7)4/h11H,5H2,1-4H3,(H,9,12)/t8-/m0/s1. The second kappa shape index (κ2) is 2.57. The minimum atomic E-state index is -0.868. The molecule has 1 rings (SSSR count). The molecule has 0 aliphatic carbocycles. The van der Waals surface area contributed by atoms with Gasteiger partial charge < -0.3 is 15.3 Å². The summed E-state index contributed by atoms with van der Waals surface area (Å²) >= 11 is 5.08. The van der Waals surface area contributed by atoms with Gasteiger partial charge in [-0.1, -0.05) is 0 Å². The van der Waals surface area contributed by atoms with Gasteiger partial charge in [0.2, 0.25) is 0 Å². The maximum Gasteiger partial charge on any atom is 0.171 e. The predicted octanol–water partition coefficient (Wildman–Crippen LogP) is 0.684. The van der Waals surface area contributed by atoms with E-state index in [2.05, 4.69) is 19.2 Å². The van der Waals surface area contributed by atoms with Gasteiger partial charge in [0, 0.05) is 19.0 Å². The highest BCUT2D eigenvalue weighted by Crippen LogP contribution is 2.28. The number of hydrogen-bond donors (Lipinski definition) is 2. The Kier molecular flexibility index (Phi) is 2.08. The Bertz CT molecular complexity index is 213. The zero-order chi connectivity index (χ0) is 9.57. The number of nitrogens with zero attached hydrogens (tertiary/aromatic N) is 1. The molecule has 0 radical (unpaired) electrons. The molecule has 0 unspecified atom stereocenters. The van der Waals surface area contributed by atoms with E-state index < -0.39 is 5.72 Å². The number of nitrogens with one attached hydrogen (secondary N) is 1. The van der Waals surface area contributed by atoms with Crippen LogP contribution >= 0.6 is 12.2 Å². The number of rotatable bonds is 0. The van der Waals surface area contributed by atoms with Gasteiger partial charge in [-0.15, -0.1) is 0 Å². The maximum atomic E-state index is 9.77. The molecule has 0 bridgehead atoms. The molecule has 3 nitrogen and oxygen atoms in total. The summed E-state index contributed by atoms with van der Waals surface area (Å²) in [7, 11) is 1.94. The number of aliphatic hydroxyl groups is 1. The Morgan fingerprint density at radius 3 is 2.42 bits per heavy atom. The van der Waals surface area contributed by atoms with E-state index in [-0.39, 0.29) is 5.54 Å². The maximum absolute atomic E-state index is 9.77. The molecule has 0 aromatic carbocycles. The topological polar surface area (TPSA) is 35.5 Å². The molecule has 0 saturated carbocycles. The van der Waals surface area contributed by atoms with E-state index in [0.29, 0.717) is 11.5 Å². The van der Waals surface area contributed by atoms with Crippen molar-refractivity contribution in [3.05, 3.63) is 0 Å². The Morgan fingerprint density at radius 1 is 1.50 bits per heavy atom. The first kappa shape index (κ1) is 9.74. The van der Waals surface area contributed by atoms with Gasteiger partial charge in [0.05, 0.1) is 0 Å². The van der Waals surface area contributed by atoms with Crippen molar-refractivity contribution in [3.8, 4) is 0 Å². The highest BCUT2D eigenvalue weighted by Gasteiger charge is 2.40. The van der Waals surface area contributed by atoms with E-state index in [0.717, 1.165) is 0 Å². The van der Waals surface area contributed by atoms with Gasteiger partial charge >= 0.3 is 0 Å². The lowest BCUT2D eigenvalue weighted by atomic mass is 9.90. The molecule has 1 heterocycles. The Hall–Kier alpha value is -0.350. The second-order valence-electron chi connectivity index (χ2n) is 4.25. The smallest absolute Gasteiger partial charge is 0.171 e.